The van der Waals surface area contributed by atoms with E-state index in [-0.39, 0.29) is 43.2 Å². The van der Waals surface area contributed by atoms with Crippen LogP contribution in [0.2, 0.25) is 0 Å². The number of amides is 1. The van der Waals surface area contributed by atoms with E-state index in [1.807, 2.05) is 30.3 Å². The fraction of sp³-hybridized carbons (Fsp3) is 0.500. The van der Waals surface area contributed by atoms with Crippen LogP contribution in [0.1, 0.15) is 31.7 Å². The average Bonchev–Trinajstić information content (AvgIpc) is 2.92. The number of rotatable bonds is 7. The number of carbonyl (C=O) groups excluding carboxylic acids is 3. The Balaban J connectivity index is 1.77. The lowest BCUT2D eigenvalue weighted by Gasteiger charge is -2.18. The van der Waals surface area contributed by atoms with Crippen LogP contribution in [0, 0.1) is 11.8 Å². The third kappa shape index (κ3) is 5.37. The van der Waals surface area contributed by atoms with Crippen molar-refractivity contribution in [3.8, 4) is 0 Å². The molecule has 1 saturated carbocycles. The SMILES string of the molecule is CCOC(=O)C[C@H]1CCC(=O)[C@H]1CNC(=O)OCc1ccccc1. The average molecular weight is 333 g/mol. The van der Waals surface area contributed by atoms with Crippen molar-refractivity contribution in [3.63, 3.8) is 0 Å². The number of benzene rings is 1. The molecule has 0 bridgehead atoms. The van der Waals surface area contributed by atoms with Crippen molar-refractivity contribution >= 4 is 17.8 Å². The first-order chi connectivity index (χ1) is 11.6. The molecule has 1 fully saturated rings. The molecule has 0 radical (unpaired) electrons. The van der Waals surface area contributed by atoms with E-state index in [1.165, 1.54) is 0 Å². The van der Waals surface area contributed by atoms with Crippen molar-refractivity contribution in [2.75, 3.05) is 13.2 Å². The molecule has 0 spiro atoms. The van der Waals surface area contributed by atoms with Gasteiger partial charge in [0.25, 0.3) is 0 Å². The van der Waals surface area contributed by atoms with Gasteiger partial charge in [0.1, 0.15) is 12.4 Å². The van der Waals surface area contributed by atoms with Gasteiger partial charge >= 0.3 is 12.1 Å². The zero-order chi connectivity index (χ0) is 17.4. The molecule has 0 unspecified atom stereocenters. The molecule has 0 saturated heterocycles. The molecular weight excluding hydrogens is 310 g/mol. The van der Waals surface area contributed by atoms with Gasteiger partial charge in [-0.05, 0) is 24.8 Å². The van der Waals surface area contributed by atoms with E-state index >= 15 is 0 Å². The molecule has 6 heteroatoms. The predicted octanol–water partition coefficient (Wildman–Crippen LogP) is 2.46. The van der Waals surface area contributed by atoms with Crippen molar-refractivity contribution in [1.29, 1.82) is 0 Å². The van der Waals surface area contributed by atoms with Crippen molar-refractivity contribution in [2.45, 2.75) is 32.8 Å². The first kappa shape index (κ1) is 18.0. The summed E-state index contributed by atoms with van der Waals surface area (Å²) in [6.07, 6.45) is 0.747. The van der Waals surface area contributed by atoms with Crippen LogP contribution >= 0.6 is 0 Å². The van der Waals surface area contributed by atoms with E-state index in [0.29, 0.717) is 19.4 Å². The fourth-order valence-corrected chi connectivity index (χ4v) is 2.90. The Hall–Kier alpha value is -2.37. The van der Waals surface area contributed by atoms with Crippen LogP contribution in [0.25, 0.3) is 0 Å². The van der Waals surface area contributed by atoms with E-state index < -0.39 is 6.09 Å². The van der Waals surface area contributed by atoms with Crippen LogP contribution in [-0.2, 0) is 25.7 Å². The summed E-state index contributed by atoms with van der Waals surface area (Å²) >= 11 is 0. The summed E-state index contributed by atoms with van der Waals surface area (Å²) in [5.41, 5.74) is 0.893. The van der Waals surface area contributed by atoms with Crippen LogP contribution in [0.5, 0.6) is 0 Å². The Morgan fingerprint density at radius 2 is 1.96 bits per heavy atom. The molecule has 24 heavy (non-hydrogen) atoms. The normalized spacial score (nSPS) is 19.8. The van der Waals surface area contributed by atoms with Crippen LogP contribution in [-0.4, -0.2) is 31.0 Å². The zero-order valence-electron chi connectivity index (χ0n) is 13.8. The topological polar surface area (TPSA) is 81.7 Å². The highest BCUT2D eigenvalue weighted by Crippen LogP contribution is 2.31. The molecule has 0 heterocycles. The molecule has 1 aliphatic rings. The maximum Gasteiger partial charge on any atom is 0.407 e. The lowest BCUT2D eigenvalue weighted by molar-refractivity contribution is -0.144. The number of nitrogens with one attached hydrogen (secondary N) is 1. The van der Waals surface area contributed by atoms with Crippen LogP contribution in [0.4, 0.5) is 4.79 Å². The monoisotopic (exact) mass is 333 g/mol. The number of carbonyl (C=O) groups is 3. The quantitative estimate of drug-likeness (QED) is 0.775. The number of ether oxygens (including phenoxy) is 2. The minimum absolute atomic E-state index is 0.0765. The summed E-state index contributed by atoms with van der Waals surface area (Å²) < 4.78 is 10.1. The maximum absolute atomic E-state index is 12.0. The molecule has 2 atom stereocenters. The molecule has 1 N–H and O–H groups in total. The van der Waals surface area contributed by atoms with E-state index in [2.05, 4.69) is 5.32 Å². The molecule has 1 amide bonds. The van der Waals surface area contributed by atoms with Gasteiger partial charge in [-0.3, -0.25) is 9.59 Å². The summed E-state index contributed by atoms with van der Waals surface area (Å²) in [5, 5.41) is 2.63. The summed E-state index contributed by atoms with van der Waals surface area (Å²) in [4.78, 5) is 35.3. The largest absolute Gasteiger partial charge is 0.466 e. The van der Waals surface area contributed by atoms with Gasteiger partial charge in [-0.1, -0.05) is 30.3 Å². The van der Waals surface area contributed by atoms with Gasteiger partial charge in [0.05, 0.1) is 6.61 Å². The standard InChI is InChI=1S/C18H23NO5/c1-2-23-17(21)10-14-8-9-16(20)15(14)11-19-18(22)24-12-13-6-4-3-5-7-13/h3-7,14-15H,2,8-12H2,1H3,(H,19,22)/t14-,15+/m1/s1. The molecule has 0 aromatic heterocycles. The Morgan fingerprint density at radius 3 is 2.67 bits per heavy atom. The van der Waals surface area contributed by atoms with Gasteiger partial charge in [-0.25, -0.2) is 4.79 Å². The van der Waals surface area contributed by atoms with E-state index in [0.717, 1.165) is 5.56 Å². The Morgan fingerprint density at radius 1 is 1.21 bits per heavy atom. The Labute approximate surface area is 141 Å². The second-order valence-corrected chi connectivity index (χ2v) is 5.82. The minimum Gasteiger partial charge on any atom is -0.466 e. The third-order valence-corrected chi connectivity index (χ3v) is 4.16. The smallest absolute Gasteiger partial charge is 0.407 e. The van der Waals surface area contributed by atoms with Crippen molar-refractivity contribution in [2.24, 2.45) is 11.8 Å². The number of esters is 1. The van der Waals surface area contributed by atoms with Crippen molar-refractivity contribution < 1.29 is 23.9 Å². The summed E-state index contributed by atoms with van der Waals surface area (Å²) in [6, 6.07) is 9.35. The molecule has 1 aromatic carbocycles. The first-order valence-corrected chi connectivity index (χ1v) is 8.23. The summed E-state index contributed by atoms with van der Waals surface area (Å²) in [7, 11) is 0. The van der Waals surface area contributed by atoms with Crippen molar-refractivity contribution in [1.82, 2.24) is 5.32 Å². The van der Waals surface area contributed by atoms with Gasteiger partial charge in [-0.2, -0.15) is 0 Å². The molecule has 0 aliphatic heterocycles. The van der Waals surface area contributed by atoms with E-state index in [9.17, 15) is 14.4 Å². The number of hydrogen-bond donors (Lipinski definition) is 1. The number of alkyl carbamates (subject to hydrolysis) is 1. The van der Waals surface area contributed by atoms with Crippen LogP contribution in [0.15, 0.2) is 30.3 Å². The lowest BCUT2D eigenvalue weighted by Crippen LogP contribution is -2.34. The first-order valence-electron chi connectivity index (χ1n) is 8.23. The predicted molar refractivity (Wildman–Crippen MR) is 87.1 cm³/mol. The molecular formula is C18H23NO5. The van der Waals surface area contributed by atoms with Gasteiger partial charge in [0.15, 0.2) is 0 Å². The number of ketones is 1. The van der Waals surface area contributed by atoms with Gasteiger partial charge in [-0.15, -0.1) is 0 Å². The molecule has 1 aromatic rings. The Bertz CT molecular complexity index is 572. The van der Waals surface area contributed by atoms with Gasteiger partial charge in [0.2, 0.25) is 0 Å². The second kappa shape index (κ2) is 9.05. The highest BCUT2D eigenvalue weighted by molar-refractivity contribution is 5.85. The fourth-order valence-electron chi connectivity index (χ4n) is 2.90. The van der Waals surface area contributed by atoms with E-state index in [4.69, 9.17) is 9.47 Å². The highest BCUT2D eigenvalue weighted by Gasteiger charge is 2.36. The van der Waals surface area contributed by atoms with Crippen molar-refractivity contribution in [3.05, 3.63) is 35.9 Å². The third-order valence-electron chi connectivity index (χ3n) is 4.16. The second-order valence-electron chi connectivity index (χ2n) is 5.82. The maximum atomic E-state index is 12.0. The molecule has 1 aliphatic carbocycles. The van der Waals surface area contributed by atoms with Crippen LogP contribution in [0.3, 0.4) is 0 Å². The molecule has 130 valence electrons. The number of Topliss-reactive ketones (excluding diaryl/α,β-unsaturated/α-hetero) is 1. The van der Waals surface area contributed by atoms with Gasteiger partial charge in [0, 0.05) is 25.3 Å². The van der Waals surface area contributed by atoms with Gasteiger partial charge < -0.3 is 14.8 Å². The zero-order valence-corrected chi connectivity index (χ0v) is 13.8. The number of hydrogen-bond acceptors (Lipinski definition) is 5. The minimum atomic E-state index is -0.562. The lowest BCUT2D eigenvalue weighted by atomic mass is 9.92. The Kier molecular flexibility index (Phi) is 6.78. The summed E-state index contributed by atoms with van der Waals surface area (Å²) in [5.74, 6) is -0.647. The van der Waals surface area contributed by atoms with Crippen LogP contribution < -0.4 is 5.32 Å². The van der Waals surface area contributed by atoms with E-state index in [1.54, 1.807) is 6.92 Å². The molecule has 6 nitrogen and oxygen atoms in total. The molecule has 2 rings (SSSR count). The summed E-state index contributed by atoms with van der Waals surface area (Å²) in [6.45, 7) is 2.45. The highest BCUT2D eigenvalue weighted by atomic mass is 16.5.